The first-order chi connectivity index (χ1) is 11.7. The minimum atomic E-state index is -0.581. The summed E-state index contributed by atoms with van der Waals surface area (Å²) >= 11 is 0. The van der Waals surface area contributed by atoms with Crippen LogP contribution in [0.5, 0.6) is 11.5 Å². The van der Waals surface area contributed by atoms with Gasteiger partial charge in [-0.1, -0.05) is 55.0 Å². The average molecular weight is 323 g/mol. The van der Waals surface area contributed by atoms with Gasteiger partial charge in [0.05, 0.1) is 5.69 Å². The maximum atomic E-state index is 12.0. The van der Waals surface area contributed by atoms with Gasteiger partial charge in [-0.2, -0.15) is 0 Å². The molecule has 0 heterocycles. The molecule has 2 rings (SSSR count). The topological polar surface area (TPSA) is 84.3 Å². The molecule has 6 nitrogen and oxygen atoms in total. The summed E-state index contributed by atoms with van der Waals surface area (Å²) in [6.07, 6.45) is 0.461. The van der Waals surface area contributed by atoms with Gasteiger partial charge in [-0.15, -0.1) is 0 Å². The Morgan fingerprint density at radius 3 is 2.62 bits per heavy atom. The largest absolute Gasteiger partial charge is 0.485 e. The molecule has 0 aromatic heterocycles. The zero-order valence-electron chi connectivity index (χ0n) is 13.3. The van der Waals surface area contributed by atoms with E-state index in [9.17, 15) is 4.79 Å². The molecule has 0 bridgehead atoms. The molecule has 0 unspecified atom stereocenters. The highest BCUT2D eigenvalue weighted by atomic mass is 16.6. The molecule has 0 aliphatic carbocycles. The zero-order chi connectivity index (χ0) is 17.4. The number of para-hydroxylation sites is 1. The first kappa shape index (κ1) is 17.1. The van der Waals surface area contributed by atoms with Crippen LogP contribution in [0, 0.1) is 0 Å². The molecule has 0 amide bonds. The van der Waals surface area contributed by atoms with Gasteiger partial charge in [0, 0.05) is 10.5 Å². The number of carbonyl (C=O) groups excluding carboxylic acids is 1. The van der Waals surface area contributed by atoms with Gasteiger partial charge in [0.1, 0.15) is 6.61 Å². The lowest BCUT2D eigenvalue weighted by atomic mass is 10.2. The molecular weight excluding hydrogens is 306 g/mol. The van der Waals surface area contributed by atoms with Crippen molar-refractivity contribution < 1.29 is 14.3 Å². The van der Waals surface area contributed by atoms with Crippen molar-refractivity contribution in [1.82, 2.24) is 0 Å². The fourth-order valence-corrected chi connectivity index (χ4v) is 1.89. The molecule has 0 atom stereocenters. The second-order valence-corrected chi connectivity index (χ2v) is 4.91. The molecule has 0 spiro atoms. The van der Waals surface area contributed by atoms with Gasteiger partial charge in [-0.05, 0) is 29.6 Å². The molecule has 0 radical (unpaired) electrons. The number of benzene rings is 2. The maximum absolute atomic E-state index is 12.0. The van der Waals surface area contributed by atoms with Gasteiger partial charge in [-0.25, -0.2) is 4.79 Å². The fraction of sp³-hybridized carbons (Fsp3) is 0.167. The number of esters is 1. The lowest BCUT2D eigenvalue weighted by Gasteiger charge is -2.14. The van der Waals surface area contributed by atoms with Crippen LogP contribution in [0.3, 0.4) is 0 Å². The Morgan fingerprint density at radius 1 is 1.21 bits per heavy atom. The van der Waals surface area contributed by atoms with Crippen molar-refractivity contribution in [2.75, 3.05) is 0 Å². The van der Waals surface area contributed by atoms with Crippen LogP contribution in [-0.4, -0.2) is 5.97 Å². The van der Waals surface area contributed by atoms with Crippen molar-refractivity contribution in [2.45, 2.75) is 20.0 Å². The molecule has 2 aromatic rings. The predicted molar refractivity (Wildman–Crippen MR) is 91.1 cm³/mol. The summed E-state index contributed by atoms with van der Waals surface area (Å²) in [6.45, 7) is 5.74. The van der Waals surface area contributed by atoms with Crippen molar-refractivity contribution in [2.24, 2.45) is 5.11 Å². The first-order valence-electron chi connectivity index (χ1n) is 7.40. The quantitative estimate of drug-likeness (QED) is 0.178. The van der Waals surface area contributed by atoms with E-state index in [4.69, 9.17) is 15.0 Å². The van der Waals surface area contributed by atoms with E-state index >= 15 is 0 Å². The van der Waals surface area contributed by atoms with E-state index < -0.39 is 5.97 Å². The molecule has 0 saturated carbocycles. The van der Waals surface area contributed by atoms with Gasteiger partial charge in [-0.3, -0.25) is 0 Å². The van der Waals surface area contributed by atoms with Crippen molar-refractivity contribution in [3.05, 3.63) is 76.7 Å². The number of carbonyl (C=O) groups is 1. The molecule has 0 fully saturated rings. The highest BCUT2D eigenvalue weighted by Crippen LogP contribution is 2.38. The van der Waals surface area contributed by atoms with Gasteiger partial charge in [0.15, 0.2) is 11.5 Å². The molecule has 0 aliphatic heterocycles. The van der Waals surface area contributed by atoms with Crippen LogP contribution in [-0.2, 0) is 11.4 Å². The summed E-state index contributed by atoms with van der Waals surface area (Å²) in [6, 6.07) is 14.4. The van der Waals surface area contributed by atoms with E-state index in [1.54, 1.807) is 25.1 Å². The summed E-state index contributed by atoms with van der Waals surface area (Å²) in [5.41, 5.74) is 10.2. The minimum absolute atomic E-state index is 0.0887. The zero-order valence-corrected chi connectivity index (χ0v) is 13.3. The Kier molecular flexibility index (Phi) is 6.00. The molecular formula is C18H17N3O3. The second-order valence-electron chi connectivity index (χ2n) is 4.91. The van der Waals surface area contributed by atoms with Gasteiger partial charge in [0.2, 0.25) is 0 Å². The van der Waals surface area contributed by atoms with Crippen LogP contribution < -0.4 is 9.47 Å². The van der Waals surface area contributed by atoms with E-state index in [0.717, 1.165) is 5.56 Å². The molecule has 24 heavy (non-hydrogen) atoms. The van der Waals surface area contributed by atoms with Crippen molar-refractivity contribution >= 4 is 11.7 Å². The van der Waals surface area contributed by atoms with E-state index in [0.29, 0.717) is 24.4 Å². The van der Waals surface area contributed by atoms with Crippen LogP contribution in [0.25, 0.3) is 10.4 Å². The number of rotatable bonds is 7. The van der Waals surface area contributed by atoms with Gasteiger partial charge >= 0.3 is 5.97 Å². The van der Waals surface area contributed by atoms with E-state index in [1.165, 1.54) is 0 Å². The predicted octanol–water partition coefficient (Wildman–Crippen LogP) is 5.08. The number of ether oxygens (including phenoxy) is 2. The van der Waals surface area contributed by atoms with Crippen LogP contribution in [0.2, 0.25) is 0 Å². The Morgan fingerprint density at radius 2 is 1.96 bits per heavy atom. The van der Waals surface area contributed by atoms with Crippen molar-refractivity contribution in [3.63, 3.8) is 0 Å². The molecule has 2 aromatic carbocycles. The van der Waals surface area contributed by atoms with E-state index in [1.807, 2.05) is 30.3 Å². The third-order valence-electron chi connectivity index (χ3n) is 3.26. The fourth-order valence-electron chi connectivity index (χ4n) is 1.89. The summed E-state index contributed by atoms with van der Waals surface area (Å²) < 4.78 is 11.1. The highest BCUT2D eigenvalue weighted by Gasteiger charge is 2.16. The number of hydrogen-bond acceptors (Lipinski definition) is 4. The van der Waals surface area contributed by atoms with Gasteiger partial charge in [0.25, 0.3) is 0 Å². The summed E-state index contributed by atoms with van der Waals surface area (Å²) in [5.74, 6) is -0.172. The number of nitrogens with zero attached hydrogens (tertiary/aromatic N) is 3. The molecule has 6 heteroatoms. The third-order valence-corrected chi connectivity index (χ3v) is 3.26. The summed E-state index contributed by atoms with van der Waals surface area (Å²) in [5, 5.41) is 3.55. The van der Waals surface area contributed by atoms with Crippen molar-refractivity contribution in [1.29, 1.82) is 0 Å². The van der Waals surface area contributed by atoms with E-state index in [-0.39, 0.29) is 11.4 Å². The van der Waals surface area contributed by atoms with Crippen LogP contribution in [0.1, 0.15) is 18.9 Å². The summed E-state index contributed by atoms with van der Waals surface area (Å²) in [7, 11) is 0. The smallest absolute Gasteiger partial charge is 0.338 e. The monoisotopic (exact) mass is 323 g/mol. The number of hydrogen-bond donors (Lipinski definition) is 0. The lowest BCUT2D eigenvalue weighted by Crippen LogP contribution is -2.11. The molecule has 0 aliphatic rings. The Bertz CT molecular complexity index is 781. The second kappa shape index (κ2) is 8.41. The minimum Gasteiger partial charge on any atom is -0.485 e. The molecule has 0 saturated heterocycles. The van der Waals surface area contributed by atoms with Crippen LogP contribution >= 0.6 is 0 Å². The standard InChI is InChI=1S/C18H17N3O3/c1-3-13(2)18(22)24-17-15(20-21-19)10-7-11-16(17)23-12-14-8-5-4-6-9-14/h4-11H,2-3,12H2,1H3. The molecule has 0 N–H and O–H groups in total. The average Bonchev–Trinajstić information content (AvgIpc) is 2.62. The molecule has 122 valence electrons. The lowest BCUT2D eigenvalue weighted by molar-refractivity contribution is -0.130. The third kappa shape index (κ3) is 4.38. The Labute approximate surface area is 140 Å². The maximum Gasteiger partial charge on any atom is 0.338 e. The van der Waals surface area contributed by atoms with Crippen molar-refractivity contribution in [3.8, 4) is 11.5 Å². The summed E-state index contributed by atoms with van der Waals surface area (Å²) in [4.78, 5) is 14.8. The highest BCUT2D eigenvalue weighted by molar-refractivity contribution is 5.90. The normalized spacial score (nSPS) is 9.71. The van der Waals surface area contributed by atoms with Crippen LogP contribution in [0.15, 0.2) is 65.8 Å². The first-order valence-corrected chi connectivity index (χ1v) is 7.40. The Hall–Kier alpha value is -3.24. The SMILES string of the molecule is C=C(CC)C(=O)Oc1c(N=[N+]=[N-])cccc1OCc1ccccc1. The Balaban J connectivity index is 2.29. The number of azide groups is 1. The van der Waals surface area contributed by atoms with E-state index in [2.05, 4.69) is 16.6 Å². The van der Waals surface area contributed by atoms with Crippen LogP contribution in [0.4, 0.5) is 5.69 Å². The van der Waals surface area contributed by atoms with Gasteiger partial charge < -0.3 is 9.47 Å².